The lowest BCUT2D eigenvalue weighted by Gasteiger charge is -2.26. The highest BCUT2D eigenvalue weighted by atomic mass is 15.2. The molecular weight excluding hydrogens is 136 g/mol. The number of rotatable bonds is 2. The van der Waals surface area contributed by atoms with Crippen LogP contribution in [0.25, 0.3) is 0 Å². The average Bonchev–Trinajstić information content (AvgIpc) is 2.62. The molecule has 64 valence electrons. The van der Waals surface area contributed by atoms with Crippen molar-refractivity contribution in [3.8, 4) is 0 Å². The second-order valence-corrected chi connectivity index (χ2v) is 4.29. The molecule has 4 atom stereocenters. The maximum absolute atomic E-state index is 5.43. The summed E-state index contributed by atoms with van der Waals surface area (Å²) in [4.78, 5) is 0. The van der Waals surface area contributed by atoms with Gasteiger partial charge in [0.1, 0.15) is 0 Å². The highest BCUT2D eigenvalue weighted by Gasteiger charge is 2.41. The summed E-state index contributed by atoms with van der Waals surface area (Å²) in [6, 6.07) is 0.533. The molecule has 2 nitrogen and oxygen atoms in total. The zero-order valence-electron chi connectivity index (χ0n) is 7.22. The molecule has 11 heavy (non-hydrogen) atoms. The van der Waals surface area contributed by atoms with Crippen LogP contribution in [-0.2, 0) is 0 Å². The van der Waals surface area contributed by atoms with E-state index in [0.717, 1.165) is 17.8 Å². The molecule has 0 aromatic carbocycles. The van der Waals surface area contributed by atoms with Gasteiger partial charge in [0.2, 0.25) is 0 Å². The minimum absolute atomic E-state index is 0.533. The van der Waals surface area contributed by atoms with E-state index in [2.05, 4.69) is 12.3 Å². The molecule has 0 spiro atoms. The Morgan fingerprint density at radius 2 is 2.18 bits per heavy atom. The van der Waals surface area contributed by atoms with Crippen LogP contribution in [0.5, 0.6) is 0 Å². The van der Waals surface area contributed by atoms with Gasteiger partial charge in [-0.3, -0.25) is 11.3 Å². The molecular formula is C9H18N2. The van der Waals surface area contributed by atoms with Crippen molar-refractivity contribution in [2.24, 2.45) is 23.6 Å². The van der Waals surface area contributed by atoms with Gasteiger partial charge in [0.05, 0.1) is 0 Å². The predicted molar refractivity (Wildman–Crippen MR) is 45.7 cm³/mol. The SMILES string of the molecule is C[C@H](NN)[C@H]1C[C@H]2CC[C@H]1C2. The Labute approximate surface area is 68.5 Å². The second-order valence-electron chi connectivity index (χ2n) is 4.29. The molecule has 0 aromatic rings. The van der Waals surface area contributed by atoms with Crippen molar-refractivity contribution in [3.05, 3.63) is 0 Å². The van der Waals surface area contributed by atoms with Crippen LogP contribution in [0.1, 0.15) is 32.6 Å². The molecule has 0 unspecified atom stereocenters. The van der Waals surface area contributed by atoms with Crippen molar-refractivity contribution < 1.29 is 0 Å². The van der Waals surface area contributed by atoms with Gasteiger partial charge in [-0.1, -0.05) is 6.42 Å². The Morgan fingerprint density at radius 3 is 2.64 bits per heavy atom. The first-order valence-corrected chi connectivity index (χ1v) is 4.77. The molecule has 0 aromatic heterocycles. The first-order chi connectivity index (χ1) is 5.31. The number of hydrogen-bond acceptors (Lipinski definition) is 2. The van der Waals surface area contributed by atoms with E-state index in [1.165, 1.54) is 25.7 Å². The maximum Gasteiger partial charge on any atom is 0.0213 e. The number of hydrazine groups is 1. The van der Waals surface area contributed by atoms with Crippen molar-refractivity contribution in [2.45, 2.75) is 38.6 Å². The molecule has 2 rings (SSSR count). The quantitative estimate of drug-likeness (QED) is 0.464. The van der Waals surface area contributed by atoms with Crippen molar-refractivity contribution in [1.82, 2.24) is 5.43 Å². The molecule has 0 aliphatic heterocycles. The zero-order valence-corrected chi connectivity index (χ0v) is 7.22. The van der Waals surface area contributed by atoms with Crippen molar-refractivity contribution >= 4 is 0 Å². The molecule has 2 fully saturated rings. The summed E-state index contributed by atoms with van der Waals surface area (Å²) in [5.41, 5.74) is 2.89. The molecule has 0 saturated heterocycles. The van der Waals surface area contributed by atoms with E-state index in [1.807, 2.05) is 0 Å². The summed E-state index contributed by atoms with van der Waals surface area (Å²) in [5, 5.41) is 0. The van der Waals surface area contributed by atoms with E-state index >= 15 is 0 Å². The Balaban J connectivity index is 1.96. The van der Waals surface area contributed by atoms with E-state index in [0.29, 0.717) is 6.04 Å². The van der Waals surface area contributed by atoms with Gasteiger partial charge >= 0.3 is 0 Å². The van der Waals surface area contributed by atoms with E-state index in [1.54, 1.807) is 0 Å². The second kappa shape index (κ2) is 2.76. The monoisotopic (exact) mass is 154 g/mol. The standard InChI is InChI=1S/C9H18N2/c1-6(11-10)9-5-7-2-3-8(9)4-7/h6-9,11H,2-5,10H2,1H3/t6-,7-,8-,9+/m0/s1. The van der Waals surface area contributed by atoms with Gasteiger partial charge in [-0.05, 0) is 43.9 Å². The summed E-state index contributed by atoms with van der Waals surface area (Å²) in [6.07, 6.45) is 5.85. The van der Waals surface area contributed by atoms with Gasteiger partial charge in [0.25, 0.3) is 0 Å². The van der Waals surface area contributed by atoms with E-state index in [4.69, 9.17) is 5.84 Å². The molecule has 2 bridgehead atoms. The van der Waals surface area contributed by atoms with Gasteiger partial charge < -0.3 is 0 Å². The van der Waals surface area contributed by atoms with Crippen LogP contribution in [-0.4, -0.2) is 6.04 Å². The van der Waals surface area contributed by atoms with E-state index in [-0.39, 0.29) is 0 Å². The van der Waals surface area contributed by atoms with Crippen LogP contribution >= 0.6 is 0 Å². The Bertz CT molecular complexity index is 146. The summed E-state index contributed by atoms with van der Waals surface area (Å²) < 4.78 is 0. The van der Waals surface area contributed by atoms with E-state index in [9.17, 15) is 0 Å². The lowest BCUT2D eigenvalue weighted by molar-refractivity contribution is 0.262. The number of nitrogens with two attached hydrogens (primary N) is 1. The largest absolute Gasteiger partial charge is 0.271 e. The molecule has 2 aliphatic carbocycles. The Hall–Kier alpha value is -0.0800. The van der Waals surface area contributed by atoms with Gasteiger partial charge in [-0.15, -0.1) is 0 Å². The first-order valence-electron chi connectivity index (χ1n) is 4.77. The van der Waals surface area contributed by atoms with Crippen molar-refractivity contribution in [3.63, 3.8) is 0 Å². The highest BCUT2D eigenvalue weighted by molar-refractivity contribution is 4.93. The lowest BCUT2D eigenvalue weighted by Crippen LogP contribution is -2.40. The number of fused-ring (bicyclic) bond motifs is 2. The summed E-state index contributed by atoms with van der Waals surface area (Å²) in [5.74, 6) is 8.34. The van der Waals surface area contributed by atoms with Crippen LogP contribution in [0.2, 0.25) is 0 Å². The minimum atomic E-state index is 0.533. The molecule has 2 heteroatoms. The average molecular weight is 154 g/mol. The third kappa shape index (κ3) is 1.18. The van der Waals surface area contributed by atoms with Gasteiger partial charge in [0.15, 0.2) is 0 Å². The fourth-order valence-corrected chi connectivity index (χ4v) is 3.03. The van der Waals surface area contributed by atoms with Crippen LogP contribution in [0.15, 0.2) is 0 Å². The maximum atomic E-state index is 5.43. The summed E-state index contributed by atoms with van der Waals surface area (Å²) in [6.45, 7) is 2.21. The topological polar surface area (TPSA) is 38.0 Å². The normalized spacial score (nSPS) is 44.7. The molecule has 0 amide bonds. The smallest absolute Gasteiger partial charge is 0.0213 e. The minimum Gasteiger partial charge on any atom is -0.271 e. The molecule has 0 radical (unpaired) electrons. The van der Waals surface area contributed by atoms with Crippen LogP contribution in [0.3, 0.4) is 0 Å². The fraction of sp³-hybridized carbons (Fsp3) is 1.00. The molecule has 2 aliphatic rings. The van der Waals surface area contributed by atoms with Crippen molar-refractivity contribution in [2.75, 3.05) is 0 Å². The third-order valence-corrected chi connectivity index (χ3v) is 3.70. The third-order valence-electron chi connectivity index (χ3n) is 3.70. The summed E-state index contributed by atoms with van der Waals surface area (Å²) >= 11 is 0. The van der Waals surface area contributed by atoms with E-state index < -0.39 is 0 Å². The number of hydrogen-bond donors (Lipinski definition) is 2. The Kier molecular flexibility index (Phi) is 1.90. The summed E-state index contributed by atoms with van der Waals surface area (Å²) in [7, 11) is 0. The lowest BCUT2D eigenvalue weighted by atomic mass is 9.84. The van der Waals surface area contributed by atoms with Gasteiger partial charge in [-0.2, -0.15) is 0 Å². The zero-order chi connectivity index (χ0) is 7.84. The van der Waals surface area contributed by atoms with Crippen LogP contribution in [0, 0.1) is 17.8 Å². The van der Waals surface area contributed by atoms with Crippen LogP contribution < -0.4 is 11.3 Å². The first kappa shape index (κ1) is 7.56. The molecule has 0 heterocycles. The molecule has 2 saturated carbocycles. The van der Waals surface area contributed by atoms with Gasteiger partial charge in [-0.25, -0.2) is 0 Å². The fourth-order valence-electron chi connectivity index (χ4n) is 3.03. The predicted octanol–water partition coefficient (Wildman–Crippen LogP) is 1.27. The Morgan fingerprint density at radius 1 is 1.36 bits per heavy atom. The van der Waals surface area contributed by atoms with Gasteiger partial charge in [0, 0.05) is 6.04 Å². The molecule has 3 N–H and O–H groups in total. The number of nitrogens with one attached hydrogen (secondary N) is 1. The van der Waals surface area contributed by atoms with Crippen LogP contribution in [0.4, 0.5) is 0 Å². The van der Waals surface area contributed by atoms with Crippen molar-refractivity contribution in [1.29, 1.82) is 0 Å². The highest BCUT2D eigenvalue weighted by Crippen LogP contribution is 2.49.